The van der Waals surface area contributed by atoms with E-state index < -0.39 is 0 Å². The second-order valence-corrected chi connectivity index (χ2v) is 5.94. The van der Waals surface area contributed by atoms with E-state index in [0.717, 1.165) is 25.3 Å². The van der Waals surface area contributed by atoms with Crippen LogP contribution in [0.25, 0.3) is 0 Å². The fourth-order valence-corrected chi connectivity index (χ4v) is 2.96. The molecule has 0 radical (unpaired) electrons. The van der Waals surface area contributed by atoms with E-state index in [4.69, 9.17) is 9.26 Å². The van der Waals surface area contributed by atoms with Gasteiger partial charge in [0, 0.05) is 13.1 Å². The summed E-state index contributed by atoms with van der Waals surface area (Å²) in [6.45, 7) is 2.92. The number of nitrogens with zero attached hydrogens (tertiary/aromatic N) is 3. The van der Waals surface area contributed by atoms with E-state index in [1.54, 1.807) is 0 Å². The van der Waals surface area contributed by atoms with Crippen molar-refractivity contribution in [2.75, 3.05) is 6.54 Å². The first-order chi connectivity index (χ1) is 11.9. The van der Waals surface area contributed by atoms with Crippen molar-refractivity contribution < 1.29 is 9.26 Å². The van der Waals surface area contributed by atoms with Crippen LogP contribution in [-0.4, -0.2) is 21.6 Å². The fourth-order valence-electron chi connectivity index (χ4n) is 2.96. The molecule has 0 saturated carbocycles. The van der Waals surface area contributed by atoms with Crippen molar-refractivity contribution >= 4 is 0 Å². The molecule has 1 aliphatic rings. The topological polar surface area (TPSA) is 51.4 Å². The first-order valence-corrected chi connectivity index (χ1v) is 8.15. The lowest BCUT2D eigenvalue weighted by molar-refractivity contribution is 0.210. The van der Waals surface area contributed by atoms with Crippen LogP contribution < -0.4 is 4.74 Å². The Bertz CT molecular complexity index is 801. The van der Waals surface area contributed by atoms with Gasteiger partial charge in [-0.15, -0.1) is 0 Å². The number of hydrogen-bond acceptors (Lipinski definition) is 5. The summed E-state index contributed by atoms with van der Waals surface area (Å²) in [6.07, 6.45) is 1.06. The number of benzene rings is 2. The van der Waals surface area contributed by atoms with Gasteiger partial charge in [0.15, 0.2) is 6.61 Å². The molecule has 122 valence electrons. The van der Waals surface area contributed by atoms with Gasteiger partial charge in [0.1, 0.15) is 5.75 Å². The summed E-state index contributed by atoms with van der Waals surface area (Å²) in [7, 11) is 0. The van der Waals surface area contributed by atoms with E-state index in [-0.39, 0.29) is 0 Å². The van der Waals surface area contributed by atoms with Gasteiger partial charge in [-0.1, -0.05) is 47.6 Å². The molecule has 0 saturated heterocycles. The number of ether oxygens (including phenoxy) is 1. The summed E-state index contributed by atoms with van der Waals surface area (Å²) >= 11 is 0. The van der Waals surface area contributed by atoms with E-state index in [2.05, 4.69) is 39.3 Å². The molecule has 5 nitrogen and oxygen atoms in total. The van der Waals surface area contributed by atoms with Gasteiger partial charge in [0.05, 0.1) is 6.54 Å². The SMILES string of the molecule is c1ccc(OCc2noc(CN3CCc4ccccc4C3)n2)cc1. The third-order valence-electron chi connectivity index (χ3n) is 4.19. The van der Waals surface area contributed by atoms with E-state index in [1.165, 1.54) is 11.1 Å². The molecule has 0 unspecified atom stereocenters. The molecule has 0 N–H and O–H groups in total. The molecule has 24 heavy (non-hydrogen) atoms. The van der Waals surface area contributed by atoms with Crippen LogP contribution in [0.15, 0.2) is 59.1 Å². The van der Waals surface area contributed by atoms with Crippen molar-refractivity contribution in [1.82, 2.24) is 15.0 Å². The van der Waals surface area contributed by atoms with Crippen LogP contribution >= 0.6 is 0 Å². The maximum absolute atomic E-state index is 5.64. The Morgan fingerprint density at radius 1 is 1.00 bits per heavy atom. The standard InChI is InChI=1S/C19H19N3O2/c1-2-8-17(9-3-1)23-14-18-20-19(24-21-18)13-22-11-10-15-6-4-5-7-16(15)12-22/h1-9H,10-14H2. The summed E-state index contributed by atoms with van der Waals surface area (Å²) in [5.74, 6) is 2.02. The lowest BCUT2D eigenvalue weighted by atomic mass is 10.00. The third-order valence-corrected chi connectivity index (χ3v) is 4.19. The quantitative estimate of drug-likeness (QED) is 0.722. The Hall–Kier alpha value is -2.66. The van der Waals surface area contributed by atoms with E-state index >= 15 is 0 Å². The normalized spacial score (nSPS) is 14.3. The van der Waals surface area contributed by atoms with E-state index in [9.17, 15) is 0 Å². The van der Waals surface area contributed by atoms with Crippen molar-refractivity contribution in [1.29, 1.82) is 0 Å². The monoisotopic (exact) mass is 321 g/mol. The maximum atomic E-state index is 5.64. The van der Waals surface area contributed by atoms with Crippen molar-refractivity contribution in [3.63, 3.8) is 0 Å². The van der Waals surface area contributed by atoms with Gasteiger partial charge in [-0.3, -0.25) is 4.90 Å². The van der Waals surface area contributed by atoms with Crippen LogP contribution in [0.3, 0.4) is 0 Å². The Morgan fingerprint density at radius 2 is 1.79 bits per heavy atom. The molecule has 2 heterocycles. The molecule has 0 atom stereocenters. The van der Waals surface area contributed by atoms with Gasteiger partial charge in [-0.25, -0.2) is 0 Å². The summed E-state index contributed by atoms with van der Waals surface area (Å²) in [5, 5.41) is 4.00. The van der Waals surface area contributed by atoms with Crippen LogP contribution in [0, 0.1) is 0 Å². The molecule has 0 amide bonds. The summed E-state index contributed by atoms with van der Waals surface area (Å²) in [4.78, 5) is 6.76. The Morgan fingerprint density at radius 3 is 2.67 bits per heavy atom. The van der Waals surface area contributed by atoms with Gasteiger partial charge >= 0.3 is 0 Å². The molecule has 2 aromatic carbocycles. The van der Waals surface area contributed by atoms with Gasteiger partial charge < -0.3 is 9.26 Å². The van der Waals surface area contributed by atoms with Gasteiger partial charge in [0.25, 0.3) is 0 Å². The maximum Gasteiger partial charge on any atom is 0.240 e. The van der Waals surface area contributed by atoms with Crippen molar-refractivity contribution in [3.05, 3.63) is 77.4 Å². The average Bonchev–Trinajstić information content (AvgIpc) is 3.08. The van der Waals surface area contributed by atoms with Crippen LogP contribution in [0.2, 0.25) is 0 Å². The lowest BCUT2D eigenvalue weighted by Gasteiger charge is -2.27. The van der Waals surface area contributed by atoms with Crippen molar-refractivity contribution in [2.45, 2.75) is 26.1 Å². The molecule has 3 aromatic rings. The summed E-state index contributed by atoms with van der Waals surface area (Å²) in [6, 6.07) is 18.2. The lowest BCUT2D eigenvalue weighted by Crippen LogP contribution is -2.30. The van der Waals surface area contributed by atoms with Crippen LogP contribution in [0.5, 0.6) is 5.75 Å². The van der Waals surface area contributed by atoms with Crippen LogP contribution in [0.4, 0.5) is 0 Å². The molecule has 0 spiro atoms. The van der Waals surface area contributed by atoms with Crippen molar-refractivity contribution in [2.24, 2.45) is 0 Å². The van der Waals surface area contributed by atoms with Crippen LogP contribution in [0.1, 0.15) is 22.8 Å². The first-order valence-electron chi connectivity index (χ1n) is 8.15. The largest absolute Gasteiger partial charge is 0.485 e. The Labute approximate surface area is 140 Å². The molecule has 1 aliphatic heterocycles. The molecule has 1 aromatic heterocycles. The predicted octanol–water partition coefficient (Wildman–Crippen LogP) is 3.21. The van der Waals surface area contributed by atoms with Gasteiger partial charge in [-0.05, 0) is 29.7 Å². The minimum atomic E-state index is 0.316. The van der Waals surface area contributed by atoms with Gasteiger partial charge in [-0.2, -0.15) is 4.98 Å². The minimum Gasteiger partial charge on any atom is -0.485 e. The highest BCUT2D eigenvalue weighted by Gasteiger charge is 2.18. The number of para-hydroxylation sites is 1. The summed E-state index contributed by atoms with van der Waals surface area (Å²) < 4.78 is 11.0. The number of aromatic nitrogens is 2. The minimum absolute atomic E-state index is 0.316. The zero-order valence-corrected chi connectivity index (χ0v) is 13.4. The van der Waals surface area contributed by atoms with E-state index in [1.807, 2.05) is 30.3 Å². The predicted molar refractivity (Wildman–Crippen MR) is 89.3 cm³/mol. The Kier molecular flexibility index (Phi) is 4.25. The molecule has 0 bridgehead atoms. The van der Waals surface area contributed by atoms with Crippen molar-refractivity contribution in [3.8, 4) is 5.75 Å². The highest BCUT2D eigenvalue weighted by atomic mass is 16.5. The molecule has 5 heteroatoms. The highest BCUT2D eigenvalue weighted by Crippen LogP contribution is 2.20. The molecule has 0 aliphatic carbocycles. The molecular formula is C19H19N3O2. The number of fused-ring (bicyclic) bond motifs is 1. The van der Waals surface area contributed by atoms with Gasteiger partial charge in [0.2, 0.25) is 11.7 Å². The second-order valence-electron chi connectivity index (χ2n) is 5.94. The van der Waals surface area contributed by atoms with Crippen LogP contribution in [-0.2, 0) is 26.1 Å². The molecule has 4 rings (SSSR count). The van der Waals surface area contributed by atoms with E-state index in [0.29, 0.717) is 24.9 Å². The smallest absolute Gasteiger partial charge is 0.240 e. The molecule has 0 fully saturated rings. The number of rotatable bonds is 5. The molecular weight excluding hydrogens is 302 g/mol. The second kappa shape index (κ2) is 6.84. The number of hydrogen-bond donors (Lipinski definition) is 0. The first kappa shape index (κ1) is 14.9. The zero-order valence-electron chi connectivity index (χ0n) is 13.4. The zero-order chi connectivity index (χ0) is 16.2. The fraction of sp³-hybridized carbons (Fsp3) is 0.263. The Balaban J connectivity index is 1.34. The third kappa shape index (κ3) is 3.46. The highest BCUT2D eigenvalue weighted by molar-refractivity contribution is 5.29. The average molecular weight is 321 g/mol. The summed E-state index contributed by atoms with van der Waals surface area (Å²) in [5.41, 5.74) is 2.83.